The molecular weight excluding hydrogens is 295 g/mol. The van der Waals surface area contributed by atoms with E-state index < -0.39 is 0 Å². The Morgan fingerprint density at radius 2 is 1.62 bits per heavy atom. The van der Waals surface area contributed by atoms with Crippen molar-refractivity contribution in [3.8, 4) is 17.2 Å². The Morgan fingerprint density at radius 3 is 2.50 bits per heavy atom. The van der Waals surface area contributed by atoms with Crippen LogP contribution in [0.25, 0.3) is 0 Å². The molecule has 0 saturated carbocycles. The summed E-state index contributed by atoms with van der Waals surface area (Å²) in [7, 11) is 0. The molecule has 24 heavy (non-hydrogen) atoms. The summed E-state index contributed by atoms with van der Waals surface area (Å²) in [4.78, 5) is 0. The highest BCUT2D eigenvalue weighted by molar-refractivity contribution is 6.94. The molecule has 0 spiro atoms. The molecule has 3 heteroatoms. The number of para-hydroxylation sites is 1. The molecule has 2 nitrogen and oxygen atoms in total. The minimum Gasteiger partial charge on any atom is -0.459 e. The van der Waals surface area contributed by atoms with E-state index in [9.17, 15) is 0 Å². The van der Waals surface area contributed by atoms with Gasteiger partial charge in [-0.05, 0) is 35.2 Å². The smallest absolute Gasteiger partial charge is 0.260 e. The maximum absolute atomic E-state index is 6.29. The second-order valence-electron chi connectivity index (χ2n) is 7.15. The summed E-state index contributed by atoms with van der Waals surface area (Å²) in [6.45, 7) is 4.54. The molecule has 0 N–H and O–H groups in total. The van der Waals surface area contributed by atoms with Crippen molar-refractivity contribution in [2.75, 3.05) is 0 Å². The van der Waals surface area contributed by atoms with Gasteiger partial charge in [0.25, 0.3) is 6.71 Å². The second-order valence-corrected chi connectivity index (χ2v) is 7.15. The van der Waals surface area contributed by atoms with E-state index in [1.807, 2.05) is 30.3 Å². The van der Waals surface area contributed by atoms with Gasteiger partial charge in [-0.3, -0.25) is 0 Å². The fourth-order valence-corrected chi connectivity index (χ4v) is 3.79. The lowest BCUT2D eigenvalue weighted by atomic mass is 9.34. The lowest BCUT2D eigenvalue weighted by Gasteiger charge is -2.34. The highest BCUT2D eigenvalue weighted by atomic mass is 16.5. The van der Waals surface area contributed by atoms with Gasteiger partial charge < -0.3 is 9.47 Å². The van der Waals surface area contributed by atoms with Crippen molar-refractivity contribution in [3.05, 3.63) is 78.0 Å². The van der Waals surface area contributed by atoms with Gasteiger partial charge in [-0.1, -0.05) is 56.3 Å². The Hall–Kier alpha value is -2.68. The fourth-order valence-electron chi connectivity index (χ4n) is 3.79. The Bertz CT molecular complexity index is 950. The predicted molar refractivity (Wildman–Crippen MR) is 97.7 cm³/mol. The SMILES string of the molecule is CC1(C)C=CC=C2B3c4ccccc4Oc4cccc(c43)OC2=C1. The van der Waals surface area contributed by atoms with E-state index in [0.29, 0.717) is 0 Å². The van der Waals surface area contributed by atoms with Crippen LogP contribution in [0, 0.1) is 5.41 Å². The summed E-state index contributed by atoms with van der Waals surface area (Å²) in [6.07, 6.45) is 8.77. The molecule has 0 unspecified atom stereocenters. The van der Waals surface area contributed by atoms with Gasteiger partial charge in [-0.25, -0.2) is 0 Å². The predicted octanol–water partition coefficient (Wildman–Crippen LogP) is 3.74. The van der Waals surface area contributed by atoms with Gasteiger partial charge >= 0.3 is 0 Å². The van der Waals surface area contributed by atoms with Crippen LogP contribution < -0.4 is 20.4 Å². The number of fused-ring (bicyclic) bond motifs is 4. The zero-order valence-corrected chi connectivity index (χ0v) is 13.7. The molecule has 0 fully saturated rings. The van der Waals surface area contributed by atoms with Crippen molar-refractivity contribution in [3.63, 3.8) is 0 Å². The van der Waals surface area contributed by atoms with Crippen LogP contribution >= 0.6 is 0 Å². The van der Waals surface area contributed by atoms with Crippen molar-refractivity contribution in [1.29, 1.82) is 0 Å². The summed E-state index contributed by atoms with van der Waals surface area (Å²) < 4.78 is 12.4. The van der Waals surface area contributed by atoms with E-state index >= 15 is 0 Å². The van der Waals surface area contributed by atoms with Gasteiger partial charge in [-0.2, -0.15) is 0 Å². The summed E-state index contributed by atoms with van der Waals surface area (Å²) >= 11 is 0. The Balaban J connectivity index is 1.82. The molecule has 0 aromatic heterocycles. The molecule has 2 heterocycles. The molecule has 2 aromatic rings. The van der Waals surface area contributed by atoms with Crippen molar-refractivity contribution >= 4 is 17.6 Å². The Labute approximate surface area is 142 Å². The average molecular weight is 312 g/mol. The molecule has 0 amide bonds. The van der Waals surface area contributed by atoms with Crippen molar-refractivity contribution in [2.24, 2.45) is 5.41 Å². The highest BCUT2D eigenvalue weighted by Crippen LogP contribution is 2.38. The van der Waals surface area contributed by atoms with Gasteiger partial charge in [-0.15, -0.1) is 0 Å². The Kier molecular flexibility index (Phi) is 2.67. The van der Waals surface area contributed by atoms with Gasteiger partial charge in [0.1, 0.15) is 23.0 Å². The van der Waals surface area contributed by atoms with E-state index in [1.54, 1.807) is 0 Å². The molecule has 116 valence electrons. The maximum atomic E-state index is 6.29. The van der Waals surface area contributed by atoms with E-state index in [2.05, 4.69) is 50.3 Å². The highest BCUT2D eigenvalue weighted by Gasteiger charge is 2.41. The van der Waals surface area contributed by atoms with E-state index in [-0.39, 0.29) is 12.1 Å². The summed E-state index contributed by atoms with van der Waals surface area (Å²) in [5.41, 5.74) is 3.50. The minimum absolute atomic E-state index is 0.0343. The number of benzene rings is 2. The molecule has 2 aliphatic heterocycles. The van der Waals surface area contributed by atoms with Gasteiger partial charge in [0.15, 0.2) is 0 Å². The molecule has 0 bridgehead atoms. The van der Waals surface area contributed by atoms with Gasteiger partial charge in [0.2, 0.25) is 0 Å². The molecule has 0 saturated heterocycles. The van der Waals surface area contributed by atoms with Crippen LogP contribution in [0.5, 0.6) is 17.2 Å². The van der Waals surface area contributed by atoms with Crippen LogP contribution in [-0.4, -0.2) is 6.71 Å². The second kappa shape index (κ2) is 4.67. The quantitative estimate of drug-likeness (QED) is 0.690. The first-order valence-corrected chi connectivity index (χ1v) is 8.33. The largest absolute Gasteiger partial charge is 0.459 e. The van der Waals surface area contributed by atoms with Crippen LogP contribution in [0.4, 0.5) is 0 Å². The van der Waals surface area contributed by atoms with E-state index in [1.165, 1.54) is 10.9 Å². The third kappa shape index (κ3) is 1.91. The van der Waals surface area contributed by atoms with Crippen molar-refractivity contribution < 1.29 is 9.47 Å². The number of rotatable bonds is 0. The monoisotopic (exact) mass is 312 g/mol. The Morgan fingerprint density at radius 1 is 0.875 bits per heavy atom. The van der Waals surface area contributed by atoms with Crippen LogP contribution in [-0.2, 0) is 0 Å². The van der Waals surface area contributed by atoms with Crippen LogP contribution in [0.3, 0.4) is 0 Å². The standard InChI is InChI=1S/C21H17BO2/c1-21(2)12-6-8-15-19(13-21)24-18-11-5-10-17-20(18)22(15)14-7-3-4-9-16(14)23-17/h3-13H,1-2H3. The molecule has 0 radical (unpaired) electrons. The van der Waals surface area contributed by atoms with Crippen molar-refractivity contribution in [1.82, 2.24) is 0 Å². The summed E-state index contributed by atoms with van der Waals surface area (Å²) in [6, 6.07) is 14.3. The summed E-state index contributed by atoms with van der Waals surface area (Å²) in [5.74, 6) is 3.68. The normalized spacial score (nSPS) is 18.8. The molecular formula is C21H17BO2. The molecule has 5 rings (SSSR count). The fraction of sp³-hybridized carbons (Fsp3) is 0.143. The topological polar surface area (TPSA) is 18.5 Å². The number of hydrogen-bond acceptors (Lipinski definition) is 2. The first-order valence-electron chi connectivity index (χ1n) is 8.33. The number of hydrogen-bond donors (Lipinski definition) is 0. The lowest BCUT2D eigenvalue weighted by molar-refractivity contribution is 0.420. The number of ether oxygens (including phenoxy) is 2. The molecule has 2 aromatic carbocycles. The minimum atomic E-state index is -0.0343. The van der Waals surface area contributed by atoms with Gasteiger partial charge in [0, 0.05) is 10.9 Å². The average Bonchev–Trinajstić information content (AvgIpc) is 2.71. The van der Waals surface area contributed by atoms with Crippen LogP contribution in [0.15, 0.2) is 78.0 Å². The molecule has 0 atom stereocenters. The van der Waals surface area contributed by atoms with Gasteiger partial charge in [0.05, 0.1) is 0 Å². The lowest BCUT2D eigenvalue weighted by Crippen LogP contribution is -2.51. The van der Waals surface area contributed by atoms with Crippen molar-refractivity contribution in [2.45, 2.75) is 13.8 Å². The summed E-state index contributed by atoms with van der Waals surface area (Å²) in [5, 5.41) is 0. The zero-order chi connectivity index (χ0) is 16.3. The number of allylic oxidation sites excluding steroid dienone is 5. The van der Waals surface area contributed by atoms with E-state index in [4.69, 9.17) is 9.47 Å². The molecule has 3 aliphatic rings. The van der Waals surface area contributed by atoms with Crippen LogP contribution in [0.2, 0.25) is 0 Å². The third-order valence-electron chi connectivity index (χ3n) is 4.88. The third-order valence-corrected chi connectivity index (χ3v) is 4.88. The maximum Gasteiger partial charge on any atom is 0.260 e. The first-order chi connectivity index (χ1) is 11.6. The van der Waals surface area contributed by atoms with Crippen LogP contribution in [0.1, 0.15) is 13.8 Å². The zero-order valence-electron chi connectivity index (χ0n) is 13.7. The van der Waals surface area contributed by atoms with E-state index in [0.717, 1.165) is 28.5 Å². The first kappa shape index (κ1) is 13.7. The molecule has 1 aliphatic carbocycles.